The van der Waals surface area contributed by atoms with Crippen LogP contribution in [0.15, 0.2) is 54.6 Å². The molecule has 2 atom stereocenters. The molecule has 0 saturated carbocycles. The molecule has 0 spiro atoms. The molecule has 0 aromatic heterocycles. The number of rotatable bonds is 10. The van der Waals surface area contributed by atoms with E-state index in [1.54, 1.807) is 24.3 Å². The number of halogens is 3. The third-order valence-corrected chi connectivity index (χ3v) is 4.66. The second-order valence-corrected chi connectivity index (χ2v) is 7.34. The summed E-state index contributed by atoms with van der Waals surface area (Å²) in [5.41, 5.74) is 0.305. The summed E-state index contributed by atoms with van der Waals surface area (Å²) in [6.45, 7) is -0.239. The number of aliphatic hydroxyl groups is 1. The van der Waals surface area contributed by atoms with E-state index in [9.17, 15) is 32.7 Å². The number of alkyl halides is 3. The first-order chi connectivity index (χ1) is 16.1. The lowest BCUT2D eigenvalue weighted by Gasteiger charge is -2.18. The fourth-order valence-electron chi connectivity index (χ4n) is 2.92. The molecule has 34 heavy (non-hydrogen) atoms. The molecule has 11 heteroatoms. The molecule has 0 aliphatic heterocycles. The van der Waals surface area contributed by atoms with Crippen molar-refractivity contribution in [3.63, 3.8) is 0 Å². The first-order valence-electron chi connectivity index (χ1n) is 10.2. The van der Waals surface area contributed by atoms with E-state index in [1.165, 1.54) is 12.1 Å². The molecule has 0 fully saturated rings. The van der Waals surface area contributed by atoms with Gasteiger partial charge in [0.05, 0.1) is 25.2 Å². The van der Waals surface area contributed by atoms with Crippen LogP contribution in [0.1, 0.15) is 23.1 Å². The average Bonchev–Trinajstić information content (AvgIpc) is 2.80. The molecule has 0 saturated heterocycles. The van der Waals surface area contributed by atoms with Crippen molar-refractivity contribution in [1.82, 2.24) is 10.6 Å². The van der Waals surface area contributed by atoms with Gasteiger partial charge in [-0.15, -0.1) is 0 Å². The molecule has 2 aromatic carbocycles. The Bertz CT molecular complexity index is 951. The van der Waals surface area contributed by atoms with Crippen molar-refractivity contribution in [1.29, 1.82) is 0 Å². The van der Waals surface area contributed by atoms with E-state index in [0.717, 1.165) is 24.8 Å². The van der Waals surface area contributed by atoms with Gasteiger partial charge in [-0.05, 0) is 23.3 Å². The molecule has 0 unspecified atom stereocenters. The highest BCUT2D eigenvalue weighted by Gasteiger charge is 2.30. The molecule has 8 nitrogen and oxygen atoms in total. The normalized spacial score (nSPS) is 12.9. The zero-order chi connectivity index (χ0) is 25.1. The van der Waals surface area contributed by atoms with Gasteiger partial charge < -0.3 is 25.2 Å². The monoisotopic (exact) mass is 482 g/mol. The summed E-state index contributed by atoms with van der Waals surface area (Å²) in [6.07, 6.45) is -7.10. The van der Waals surface area contributed by atoms with E-state index in [1.807, 2.05) is 6.07 Å². The van der Waals surface area contributed by atoms with Crippen molar-refractivity contribution in [2.24, 2.45) is 0 Å². The van der Waals surface area contributed by atoms with Crippen LogP contribution < -0.4 is 10.6 Å². The molecule has 0 aliphatic rings. The third kappa shape index (κ3) is 9.10. The summed E-state index contributed by atoms with van der Waals surface area (Å²) in [5, 5.41) is 14.7. The van der Waals surface area contributed by atoms with Crippen LogP contribution in [0.4, 0.5) is 18.0 Å². The van der Waals surface area contributed by atoms with Crippen molar-refractivity contribution in [3.05, 3.63) is 71.3 Å². The van der Waals surface area contributed by atoms with Gasteiger partial charge in [-0.25, -0.2) is 9.59 Å². The van der Waals surface area contributed by atoms with Crippen molar-refractivity contribution >= 4 is 18.0 Å². The Morgan fingerprint density at radius 3 is 2.24 bits per heavy atom. The minimum Gasteiger partial charge on any atom is -0.467 e. The van der Waals surface area contributed by atoms with Crippen LogP contribution in [-0.2, 0) is 38.3 Å². The fraction of sp³-hybridized carbons (Fsp3) is 0.348. The van der Waals surface area contributed by atoms with Crippen LogP contribution in [0.25, 0.3) is 0 Å². The van der Waals surface area contributed by atoms with Crippen molar-refractivity contribution < 1.29 is 42.1 Å². The molecule has 0 bridgehead atoms. The molecule has 2 amide bonds. The first kappa shape index (κ1) is 26.7. The van der Waals surface area contributed by atoms with Gasteiger partial charge in [-0.1, -0.05) is 42.5 Å². The molecule has 0 aliphatic carbocycles. The topological polar surface area (TPSA) is 114 Å². The Kier molecular flexibility index (Phi) is 9.87. The number of esters is 1. The van der Waals surface area contributed by atoms with Gasteiger partial charge >= 0.3 is 18.2 Å². The number of carbonyl (C=O) groups is 3. The summed E-state index contributed by atoms with van der Waals surface area (Å²) in [4.78, 5) is 36.0. The quantitative estimate of drug-likeness (QED) is 0.449. The van der Waals surface area contributed by atoms with Gasteiger partial charge in [-0.3, -0.25) is 4.79 Å². The lowest BCUT2D eigenvalue weighted by molar-refractivity contribution is -0.145. The van der Waals surface area contributed by atoms with Crippen molar-refractivity contribution in [3.8, 4) is 0 Å². The summed E-state index contributed by atoms with van der Waals surface area (Å²) in [5.74, 6) is -1.51. The van der Waals surface area contributed by atoms with E-state index in [0.29, 0.717) is 5.56 Å². The highest BCUT2D eigenvalue weighted by Crippen LogP contribution is 2.29. The molecule has 0 radical (unpaired) electrons. The number of alkyl carbamates (subject to hydrolysis) is 1. The Morgan fingerprint density at radius 2 is 1.65 bits per heavy atom. The smallest absolute Gasteiger partial charge is 0.416 e. The standard InChI is InChI=1S/C23H25F3N2O6/c1-33-21(31)19(11-15-7-9-17(10-8-15)23(24,25)26)28-20(30)12-18(29)13-27-22(32)34-14-16-5-3-2-4-6-16/h2-10,18-19,29H,11-14H2,1H3,(H,27,32)(H,28,30)/t18-,19-/m1/s1. The van der Waals surface area contributed by atoms with Gasteiger partial charge in [0.1, 0.15) is 12.6 Å². The Balaban J connectivity index is 1.81. The minimum atomic E-state index is -4.49. The second-order valence-electron chi connectivity index (χ2n) is 7.34. The van der Waals surface area contributed by atoms with Crippen LogP contribution in [0.3, 0.4) is 0 Å². The minimum absolute atomic E-state index is 0.0357. The maximum Gasteiger partial charge on any atom is 0.416 e. The third-order valence-electron chi connectivity index (χ3n) is 4.66. The molecular weight excluding hydrogens is 457 g/mol. The Hall–Kier alpha value is -3.60. The highest BCUT2D eigenvalue weighted by atomic mass is 19.4. The lowest BCUT2D eigenvalue weighted by atomic mass is 10.0. The Morgan fingerprint density at radius 1 is 1.00 bits per heavy atom. The SMILES string of the molecule is COC(=O)[C@@H](Cc1ccc(C(F)(F)F)cc1)NC(=O)C[C@@H](O)CNC(=O)OCc1ccccc1. The second kappa shape index (κ2) is 12.6. The number of carbonyl (C=O) groups excluding carboxylic acids is 3. The Labute approximate surface area is 194 Å². The maximum atomic E-state index is 12.7. The van der Waals surface area contributed by atoms with Crippen LogP contribution in [-0.4, -0.2) is 48.9 Å². The molecule has 2 rings (SSSR count). The van der Waals surface area contributed by atoms with Crippen LogP contribution in [0, 0.1) is 0 Å². The first-order valence-corrected chi connectivity index (χ1v) is 10.2. The molecule has 3 N–H and O–H groups in total. The van der Waals surface area contributed by atoms with Crippen LogP contribution >= 0.6 is 0 Å². The van der Waals surface area contributed by atoms with Gasteiger partial charge in [0.2, 0.25) is 5.91 Å². The predicted molar refractivity (Wildman–Crippen MR) is 114 cm³/mol. The lowest BCUT2D eigenvalue weighted by Crippen LogP contribution is -2.45. The summed E-state index contributed by atoms with van der Waals surface area (Å²) in [6, 6.07) is 11.9. The van der Waals surface area contributed by atoms with E-state index in [4.69, 9.17) is 4.74 Å². The number of methoxy groups -OCH3 is 1. The molecular formula is C23H25F3N2O6. The molecule has 184 valence electrons. The van der Waals surface area contributed by atoms with Gasteiger partial charge in [0, 0.05) is 13.0 Å². The van der Waals surface area contributed by atoms with Crippen LogP contribution in [0.5, 0.6) is 0 Å². The number of aliphatic hydroxyl groups excluding tert-OH is 1. The summed E-state index contributed by atoms with van der Waals surface area (Å²) < 4.78 is 47.7. The number of amides is 2. The number of ether oxygens (including phenoxy) is 2. The van der Waals surface area contributed by atoms with Crippen molar-refractivity contribution in [2.45, 2.75) is 37.8 Å². The van der Waals surface area contributed by atoms with Crippen LogP contribution in [0.2, 0.25) is 0 Å². The van der Waals surface area contributed by atoms with Gasteiger partial charge in [0.15, 0.2) is 0 Å². The maximum absolute atomic E-state index is 12.7. The van der Waals surface area contributed by atoms with E-state index < -0.39 is 48.3 Å². The van der Waals surface area contributed by atoms with E-state index in [2.05, 4.69) is 15.4 Å². The predicted octanol–water partition coefficient (Wildman–Crippen LogP) is 2.58. The summed E-state index contributed by atoms with van der Waals surface area (Å²) >= 11 is 0. The molecule has 0 heterocycles. The average molecular weight is 482 g/mol. The van der Waals surface area contributed by atoms with Gasteiger partial charge in [-0.2, -0.15) is 13.2 Å². The van der Waals surface area contributed by atoms with Crippen molar-refractivity contribution in [2.75, 3.05) is 13.7 Å². The number of hydrogen-bond acceptors (Lipinski definition) is 6. The number of hydrogen-bond donors (Lipinski definition) is 3. The van der Waals surface area contributed by atoms with E-state index in [-0.39, 0.29) is 19.6 Å². The molecule has 2 aromatic rings. The summed E-state index contributed by atoms with van der Waals surface area (Å²) in [7, 11) is 1.11. The van der Waals surface area contributed by atoms with Gasteiger partial charge in [0.25, 0.3) is 0 Å². The zero-order valence-electron chi connectivity index (χ0n) is 18.3. The largest absolute Gasteiger partial charge is 0.467 e. The van der Waals surface area contributed by atoms with E-state index >= 15 is 0 Å². The highest BCUT2D eigenvalue weighted by molar-refractivity contribution is 5.85. The number of benzene rings is 2. The zero-order valence-corrected chi connectivity index (χ0v) is 18.3. The fourth-order valence-corrected chi connectivity index (χ4v) is 2.92. The number of nitrogens with one attached hydrogen (secondary N) is 2.